The zero-order valence-electron chi connectivity index (χ0n) is 24.0. The summed E-state index contributed by atoms with van der Waals surface area (Å²) in [5, 5.41) is 15.5. The van der Waals surface area contributed by atoms with Crippen LogP contribution in [0.1, 0.15) is 63.9 Å². The summed E-state index contributed by atoms with van der Waals surface area (Å²) in [6.07, 6.45) is 3.09. The van der Waals surface area contributed by atoms with Crippen molar-refractivity contribution in [2.75, 3.05) is 11.9 Å². The van der Waals surface area contributed by atoms with Crippen molar-refractivity contribution >= 4 is 29.2 Å². The average Bonchev–Trinajstić information content (AvgIpc) is 3.52. The predicted molar refractivity (Wildman–Crippen MR) is 162 cm³/mol. The molecule has 3 amide bonds. The van der Waals surface area contributed by atoms with E-state index in [9.17, 15) is 24.4 Å². The van der Waals surface area contributed by atoms with Crippen molar-refractivity contribution in [1.29, 1.82) is 5.26 Å². The molecule has 0 spiro atoms. The van der Waals surface area contributed by atoms with E-state index in [2.05, 4.69) is 16.7 Å². The number of aryl methyl sites for hydroxylation is 1. The molecule has 2 aliphatic rings. The minimum atomic E-state index is -0.967. The van der Waals surface area contributed by atoms with E-state index >= 15 is 0 Å². The molecule has 9 nitrogen and oxygen atoms in total. The molecule has 0 fully saturated rings. The summed E-state index contributed by atoms with van der Waals surface area (Å²) in [5.74, 6) is -1.40. The van der Waals surface area contributed by atoms with E-state index in [1.165, 1.54) is 4.90 Å². The van der Waals surface area contributed by atoms with Crippen LogP contribution >= 0.6 is 0 Å². The lowest BCUT2D eigenvalue weighted by Gasteiger charge is -2.36. The summed E-state index contributed by atoms with van der Waals surface area (Å²) in [5.41, 5.74) is 11.2. The van der Waals surface area contributed by atoms with Crippen LogP contribution in [0.3, 0.4) is 0 Å². The molecular formula is C34H35N5O4. The second kappa shape index (κ2) is 13.4. The van der Waals surface area contributed by atoms with Crippen molar-refractivity contribution in [3.8, 4) is 6.07 Å². The number of nitrogens with two attached hydrogens (primary N) is 1. The molecular weight excluding hydrogens is 542 g/mol. The summed E-state index contributed by atoms with van der Waals surface area (Å²) in [4.78, 5) is 54.8. The third-order valence-electron chi connectivity index (χ3n) is 8.27. The molecule has 4 N–H and O–H groups in total. The number of nitriles is 1. The predicted octanol–water partition coefficient (Wildman–Crippen LogP) is 3.44. The number of carbonyl (C=O) groups excluding carboxylic acids is 4. The number of amides is 3. The van der Waals surface area contributed by atoms with Gasteiger partial charge in [0.1, 0.15) is 18.2 Å². The van der Waals surface area contributed by atoms with E-state index in [1.807, 2.05) is 36.4 Å². The van der Waals surface area contributed by atoms with Crippen LogP contribution < -0.4 is 16.4 Å². The van der Waals surface area contributed by atoms with E-state index < -0.39 is 23.9 Å². The maximum Gasteiger partial charge on any atom is 0.247 e. The number of benzene rings is 3. The van der Waals surface area contributed by atoms with Crippen LogP contribution in [0.15, 0.2) is 66.7 Å². The van der Waals surface area contributed by atoms with Gasteiger partial charge in [-0.3, -0.25) is 19.2 Å². The Hall–Kier alpha value is -4.81. The molecule has 0 aromatic heterocycles. The van der Waals surface area contributed by atoms with Crippen LogP contribution in [0, 0.1) is 11.3 Å². The summed E-state index contributed by atoms with van der Waals surface area (Å²) in [6, 6.07) is 20.5. The number of nitrogens with zero attached hydrogens (tertiary/aromatic N) is 2. The van der Waals surface area contributed by atoms with E-state index in [1.54, 1.807) is 30.3 Å². The van der Waals surface area contributed by atoms with Crippen molar-refractivity contribution in [3.63, 3.8) is 0 Å². The number of hydrogen-bond acceptors (Lipinski definition) is 6. The first-order chi connectivity index (χ1) is 20.9. The van der Waals surface area contributed by atoms with Crippen LogP contribution in [-0.4, -0.2) is 47.0 Å². The first-order valence-corrected chi connectivity index (χ1v) is 14.7. The quantitative estimate of drug-likeness (QED) is 0.315. The number of carbonyl (C=O) groups is 4. The Kier molecular flexibility index (Phi) is 9.28. The fourth-order valence-electron chi connectivity index (χ4n) is 5.97. The Morgan fingerprint density at radius 3 is 2.42 bits per heavy atom. The van der Waals surface area contributed by atoms with Crippen molar-refractivity contribution in [2.45, 2.75) is 63.6 Å². The lowest BCUT2D eigenvalue weighted by Crippen LogP contribution is -2.56. The number of ketones is 1. The summed E-state index contributed by atoms with van der Waals surface area (Å²) in [7, 11) is 0. The zero-order valence-corrected chi connectivity index (χ0v) is 24.0. The molecule has 220 valence electrons. The highest BCUT2D eigenvalue weighted by atomic mass is 16.2. The van der Waals surface area contributed by atoms with Crippen LogP contribution in [0.4, 0.5) is 5.69 Å². The summed E-state index contributed by atoms with van der Waals surface area (Å²) < 4.78 is 0. The summed E-state index contributed by atoms with van der Waals surface area (Å²) >= 11 is 0. The maximum atomic E-state index is 13.8. The Labute approximate surface area is 251 Å². The van der Waals surface area contributed by atoms with Gasteiger partial charge in [-0.05, 0) is 60.5 Å². The van der Waals surface area contributed by atoms with E-state index in [-0.39, 0.29) is 50.5 Å². The first kappa shape index (κ1) is 29.7. The fourth-order valence-corrected chi connectivity index (χ4v) is 5.97. The van der Waals surface area contributed by atoms with Crippen LogP contribution in [0.2, 0.25) is 0 Å². The van der Waals surface area contributed by atoms with Gasteiger partial charge < -0.3 is 21.3 Å². The van der Waals surface area contributed by atoms with Gasteiger partial charge in [-0.25, -0.2) is 0 Å². The van der Waals surface area contributed by atoms with Gasteiger partial charge in [0.05, 0.1) is 11.3 Å². The van der Waals surface area contributed by atoms with Gasteiger partial charge in [-0.15, -0.1) is 0 Å². The Morgan fingerprint density at radius 1 is 0.930 bits per heavy atom. The monoisotopic (exact) mass is 577 g/mol. The van der Waals surface area contributed by atoms with E-state index in [0.29, 0.717) is 16.8 Å². The molecule has 3 aromatic carbocycles. The lowest BCUT2D eigenvalue weighted by atomic mass is 9.92. The molecule has 9 heteroatoms. The molecule has 43 heavy (non-hydrogen) atoms. The molecule has 0 radical (unpaired) electrons. The number of anilines is 1. The van der Waals surface area contributed by atoms with Crippen LogP contribution in [-0.2, 0) is 40.2 Å². The third kappa shape index (κ3) is 6.65. The maximum absolute atomic E-state index is 13.8. The van der Waals surface area contributed by atoms with Crippen LogP contribution in [0.5, 0.6) is 0 Å². The Morgan fingerprint density at radius 2 is 1.67 bits per heavy atom. The second-order valence-electron chi connectivity index (χ2n) is 11.0. The third-order valence-corrected chi connectivity index (χ3v) is 8.27. The standard InChI is InChI=1S/C34H35N5O4/c35-18-17-29(33(42)37-28-14-13-22-11-6-12-26(22)27(28)20-36)38-34(43)30-19-24-9-4-5-10-25(24)21-39(30)32(41)16-15-31(40)23-7-2-1-3-8-23/h1-5,7-10,13-14,29-30H,6,11-12,15-19,21,35H2,(H,37,42)(H,38,43)/t29?,30-/m0/s1. The smallest absolute Gasteiger partial charge is 0.247 e. The molecule has 2 atom stereocenters. The minimum Gasteiger partial charge on any atom is -0.342 e. The largest absolute Gasteiger partial charge is 0.342 e. The second-order valence-corrected chi connectivity index (χ2v) is 11.0. The summed E-state index contributed by atoms with van der Waals surface area (Å²) in [6.45, 7) is 0.367. The van der Waals surface area contributed by atoms with Gasteiger partial charge >= 0.3 is 0 Å². The number of hydrogen-bond donors (Lipinski definition) is 3. The molecule has 3 aromatic rings. The zero-order chi connectivity index (χ0) is 30.3. The molecule has 1 aliphatic heterocycles. The fraction of sp³-hybridized carbons (Fsp3) is 0.324. The highest BCUT2D eigenvalue weighted by Crippen LogP contribution is 2.30. The highest BCUT2D eigenvalue weighted by Gasteiger charge is 2.36. The number of Topliss-reactive ketones (excluding diaryl/α,β-unsaturated/α-hetero) is 1. The number of nitrogens with one attached hydrogen (secondary N) is 2. The van der Waals surface area contributed by atoms with Gasteiger partial charge in [-0.1, -0.05) is 60.7 Å². The van der Waals surface area contributed by atoms with Gasteiger partial charge in [0.2, 0.25) is 17.7 Å². The highest BCUT2D eigenvalue weighted by molar-refractivity contribution is 6.00. The van der Waals surface area contributed by atoms with Crippen molar-refractivity contribution in [3.05, 3.63) is 100 Å². The molecule has 1 unspecified atom stereocenters. The van der Waals surface area contributed by atoms with Gasteiger partial charge in [0.15, 0.2) is 5.78 Å². The SMILES string of the molecule is N#Cc1c(NC(=O)C(CCN)NC(=O)[C@@H]2Cc3ccccc3CN2C(=O)CCC(=O)c2ccccc2)ccc2c1CCC2. The molecule has 5 rings (SSSR count). The topological polar surface area (TPSA) is 145 Å². The van der Waals surface area contributed by atoms with Gasteiger partial charge in [-0.2, -0.15) is 5.26 Å². The van der Waals surface area contributed by atoms with Gasteiger partial charge in [0, 0.05) is 31.4 Å². The Bertz CT molecular complexity index is 1580. The van der Waals surface area contributed by atoms with Crippen molar-refractivity contribution < 1.29 is 19.2 Å². The minimum absolute atomic E-state index is 0.0234. The van der Waals surface area contributed by atoms with Crippen molar-refractivity contribution in [2.24, 2.45) is 5.73 Å². The molecule has 1 aliphatic carbocycles. The van der Waals surface area contributed by atoms with Crippen LogP contribution in [0.25, 0.3) is 0 Å². The van der Waals surface area contributed by atoms with E-state index in [0.717, 1.165) is 41.5 Å². The number of fused-ring (bicyclic) bond motifs is 2. The van der Waals surface area contributed by atoms with E-state index in [4.69, 9.17) is 5.73 Å². The molecule has 0 bridgehead atoms. The number of rotatable bonds is 10. The molecule has 1 heterocycles. The average molecular weight is 578 g/mol. The van der Waals surface area contributed by atoms with Crippen molar-refractivity contribution in [1.82, 2.24) is 10.2 Å². The Balaban J connectivity index is 1.31. The lowest BCUT2D eigenvalue weighted by molar-refractivity contribution is -0.142. The normalized spacial score (nSPS) is 15.9. The van der Waals surface area contributed by atoms with Gasteiger partial charge in [0.25, 0.3) is 0 Å². The molecule has 0 saturated carbocycles. The molecule has 0 saturated heterocycles. The first-order valence-electron chi connectivity index (χ1n) is 14.7.